The molecule has 0 saturated carbocycles. The van der Waals surface area contributed by atoms with Gasteiger partial charge in [-0.1, -0.05) is 0 Å². The number of nitrogens with zero attached hydrogens (tertiary/aromatic N) is 1. The summed E-state index contributed by atoms with van der Waals surface area (Å²) in [6, 6.07) is 0.210. The van der Waals surface area contributed by atoms with Crippen LogP contribution in [0.15, 0.2) is 4.42 Å². The quantitative estimate of drug-likeness (QED) is 0.739. The Morgan fingerprint density at radius 2 is 2.40 bits per heavy atom. The highest BCUT2D eigenvalue weighted by atomic mass is 16.4. The monoisotopic (exact) mass is 209 g/mol. The van der Waals surface area contributed by atoms with Crippen molar-refractivity contribution in [3.8, 4) is 0 Å². The number of rotatable bonds is 2. The van der Waals surface area contributed by atoms with E-state index in [1.165, 1.54) is 0 Å². The van der Waals surface area contributed by atoms with E-state index in [9.17, 15) is 4.79 Å². The van der Waals surface area contributed by atoms with Crippen molar-refractivity contribution < 1.29 is 9.21 Å². The zero-order valence-electron chi connectivity index (χ0n) is 8.96. The van der Waals surface area contributed by atoms with Gasteiger partial charge in [0.25, 0.3) is 5.91 Å². The van der Waals surface area contributed by atoms with Crippen molar-refractivity contribution in [2.45, 2.75) is 26.3 Å². The van der Waals surface area contributed by atoms with Gasteiger partial charge < -0.3 is 15.1 Å². The normalized spacial score (nSPS) is 20.5. The molecule has 1 amide bonds. The molecule has 2 heterocycles. The lowest BCUT2D eigenvalue weighted by molar-refractivity contribution is 0.0910. The van der Waals surface area contributed by atoms with Crippen LogP contribution in [0.5, 0.6) is 0 Å². The molecule has 5 heteroatoms. The molecule has 82 valence electrons. The molecule has 1 fully saturated rings. The highest BCUT2D eigenvalue weighted by Crippen LogP contribution is 2.10. The molecule has 0 spiro atoms. The minimum Gasteiger partial charge on any atom is -0.436 e. The fraction of sp³-hybridized carbons (Fsp3) is 0.600. The van der Waals surface area contributed by atoms with Gasteiger partial charge in [-0.25, -0.2) is 4.98 Å². The molecular weight excluding hydrogens is 194 g/mol. The Hall–Kier alpha value is -1.36. The molecule has 1 aromatic rings. The number of amides is 1. The number of aryl methyl sites for hydroxylation is 2. The van der Waals surface area contributed by atoms with Crippen LogP contribution in [-0.2, 0) is 0 Å². The van der Waals surface area contributed by atoms with E-state index in [1.807, 2.05) is 0 Å². The summed E-state index contributed by atoms with van der Waals surface area (Å²) in [4.78, 5) is 15.8. The molecule has 5 nitrogen and oxygen atoms in total. The first-order valence-electron chi connectivity index (χ1n) is 5.12. The highest BCUT2D eigenvalue weighted by Gasteiger charge is 2.21. The summed E-state index contributed by atoms with van der Waals surface area (Å²) >= 11 is 0. The summed E-state index contributed by atoms with van der Waals surface area (Å²) in [7, 11) is 0. The van der Waals surface area contributed by atoms with Gasteiger partial charge in [0.1, 0.15) is 0 Å². The summed E-state index contributed by atoms with van der Waals surface area (Å²) in [5.41, 5.74) is 0.649. The standard InChI is InChI=1S/C10H15N3O2/c1-6-9(15-7(2)12-6)10(14)13-8-3-4-11-5-8/h8,11H,3-5H2,1-2H3,(H,13,14)/t8-/m1/s1. The molecule has 1 atom stereocenters. The molecule has 1 aliphatic rings. The van der Waals surface area contributed by atoms with Crippen LogP contribution in [0, 0.1) is 13.8 Å². The zero-order chi connectivity index (χ0) is 10.8. The highest BCUT2D eigenvalue weighted by molar-refractivity contribution is 5.92. The van der Waals surface area contributed by atoms with Gasteiger partial charge in [0.05, 0.1) is 5.69 Å². The van der Waals surface area contributed by atoms with Gasteiger partial charge in [-0.3, -0.25) is 4.79 Å². The lowest BCUT2D eigenvalue weighted by Gasteiger charge is -2.09. The SMILES string of the molecule is Cc1nc(C)c(C(=O)N[C@@H]2CCNC2)o1. The maximum atomic E-state index is 11.8. The Kier molecular flexibility index (Phi) is 2.73. The largest absolute Gasteiger partial charge is 0.436 e. The number of hydrogen-bond donors (Lipinski definition) is 2. The van der Waals surface area contributed by atoms with E-state index in [2.05, 4.69) is 15.6 Å². The van der Waals surface area contributed by atoms with Crippen molar-refractivity contribution in [1.82, 2.24) is 15.6 Å². The van der Waals surface area contributed by atoms with Crippen molar-refractivity contribution in [3.63, 3.8) is 0 Å². The number of oxazole rings is 1. The van der Waals surface area contributed by atoms with Crippen LogP contribution in [0.2, 0.25) is 0 Å². The van der Waals surface area contributed by atoms with E-state index in [0.29, 0.717) is 17.3 Å². The number of carbonyl (C=O) groups is 1. The lowest BCUT2D eigenvalue weighted by Crippen LogP contribution is -2.36. The number of carbonyl (C=O) groups excluding carboxylic acids is 1. The van der Waals surface area contributed by atoms with Crippen LogP contribution < -0.4 is 10.6 Å². The number of aromatic nitrogens is 1. The summed E-state index contributed by atoms with van der Waals surface area (Å²) in [5.74, 6) is 0.698. The minimum absolute atomic E-state index is 0.165. The molecule has 0 aromatic carbocycles. The van der Waals surface area contributed by atoms with Gasteiger partial charge in [-0.2, -0.15) is 0 Å². The summed E-state index contributed by atoms with van der Waals surface area (Å²) < 4.78 is 5.24. The average Bonchev–Trinajstić information content (AvgIpc) is 2.75. The Bertz CT molecular complexity index is 367. The molecule has 1 aromatic heterocycles. The van der Waals surface area contributed by atoms with Gasteiger partial charge in [0, 0.05) is 19.5 Å². The van der Waals surface area contributed by atoms with Crippen LogP contribution in [0.3, 0.4) is 0 Å². The lowest BCUT2D eigenvalue weighted by atomic mass is 10.2. The van der Waals surface area contributed by atoms with Crippen LogP contribution in [-0.4, -0.2) is 30.0 Å². The zero-order valence-corrected chi connectivity index (χ0v) is 8.96. The maximum absolute atomic E-state index is 11.8. The first-order chi connectivity index (χ1) is 7.16. The molecule has 2 N–H and O–H groups in total. The smallest absolute Gasteiger partial charge is 0.289 e. The van der Waals surface area contributed by atoms with Crippen molar-refractivity contribution in [3.05, 3.63) is 17.3 Å². The fourth-order valence-electron chi connectivity index (χ4n) is 1.77. The second-order valence-corrected chi connectivity index (χ2v) is 3.81. The van der Waals surface area contributed by atoms with E-state index in [1.54, 1.807) is 13.8 Å². The van der Waals surface area contributed by atoms with Gasteiger partial charge in [0.2, 0.25) is 5.76 Å². The Balaban J connectivity index is 2.03. The van der Waals surface area contributed by atoms with Crippen LogP contribution in [0.4, 0.5) is 0 Å². The van der Waals surface area contributed by atoms with Crippen molar-refractivity contribution >= 4 is 5.91 Å². The van der Waals surface area contributed by atoms with Crippen LogP contribution in [0.1, 0.15) is 28.6 Å². The van der Waals surface area contributed by atoms with Crippen molar-refractivity contribution in [2.75, 3.05) is 13.1 Å². The molecule has 0 unspecified atom stereocenters. The second kappa shape index (κ2) is 4.02. The summed E-state index contributed by atoms with van der Waals surface area (Å²) in [6.45, 7) is 5.30. The van der Waals surface area contributed by atoms with Gasteiger partial charge in [0.15, 0.2) is 5.89 Å². The molecule has 0 bridgehead atoms. The third-order valence-electron chi connectivity index (χ3n) is 2.51. The molecule has 1 aliphatic heterocycles. The van der Waals surface area contributed by atoms with E-state index in [4.69, 9.17) is 4.42 Å². The minimum atomic E-state index is -0.165. The summed E-state index contributed by atoms with van der Waals surface area (Å²) in [6.07, 6.45) is 0.970. The maximum Gasteiger partial charge on any atom is 0.289 e. The Morgan fingerprint density at radius 3 is 2.93 bits per heavy atom. The van der Waals surface area contributed by atoms with Crippen molar-refractivity contribution in [1.29, 1.82) is 0 Å². The Morgan fingerprint density at radius 1 is 1.60 bits per heavy atom. The van der Waals surface area contributed by atoms with Gasteiger partial charge >= 0.3 is 0 Å². The molecular formula is C10H15N3O2. The molecule has 0 radical (unpaired) electrons. The van der Waals surface area contributed by atoms with Gasteiger partial charge in [-0.15, -0.1) is 0 Å². The first-order valence-corrected chi connectivity index (χ1v) is 5.12. The topological polar surface area (TPSA) is 67.2 Å². The number of nitrogens with one attached hydrogen (secondary N) is 2. The molecule has 15 heavy (non-hydrogen) atoms. The van der Waals surface area contributed by atoms with Crippen molar-refractivity contribution in [2.24, 2.45) is 0 Å². The van der Waals surface area contributed by atoms with E-state index < -0.39 is 0 Å². The van der Waals surface area contributed by atoms with Crippen LogP contribution >= 0.6 is 0 Å². The molecule has 1 saturated heterocycles. The third-order valence-corrected chi connectivity index (χ3v) is 2.51. The van der Waals surface area contributed by atoms with E-state index >= 15 is 0 Å². The molecule has 0 aliphatic carbocycles. The average molecular weight is 209 g/mol. The second-order valence-electron chi connectivity index (χ2n) is 3.81. The van der Waals surface area contributed by atoms with E-state index in [0.717, 1.165) is 19.5 Å². The predicted molar refractivity (Wildman–Crippen MR) is 54.7 cm³/mol. The summed E-state index contributed by atoms with van der Waals surface area (Å²) in [5, 5.41) is 6.10. The third kappa shape index (κ3) is 2.18. The Labute approximate surface area is 88.3 Å². The fourth-order valence-corrected chi connectivity index (χ4v) is 1.77. The van der Waals surface area contributed by atoms with Crippen LogP contribution in [0.25, 0.3) is 0 Å². The van der Waals surface area contributed by atoms with E-state index in [-0.39, 0.29) is 11.9 Å². The predicted octanol–water partition coefficient (Wildman–Crippen LogP) is 0.383. The van der Waals surface area contributed by atoms with Gasteiger partial charge in [-0.05, 0) is 19.9 Å². The molecule has 2 rings (SSSR count). The first kappa shape index (κ1) is 10.2. The number of hydrogen-bond acceptors (Lipinski definition) is 4.